The summed E-state index contributed by atoms with van der Waals surface area (Å²) in [7, 11) is -1.35. The monoisotopic (exact) mass is 540 g/mol. The molecule has 2 aromatic carbocycles. The van der Waals surface area contributed by atoms with Crippen LogP contribution >= 0.6 is 11.6 Å². The highest BCUT2D eigenvalue weighted by atomic mass is 35.5. The summed E-state index contributed by atoms with van der Waals surface area (Å²) in [6, 6.07) is 20.2. The Morgan fingerprint density at radius 1 is 0.919 bits per heavy atom. The summed E-state index contributed by atoms with van der Waals surface area (Å²) in [6.45, 7) is 6.67. The Bertz CT molecular complexity index is 1480. The van der Waals surface area contributed by atoms with Crippen molar-refractivity contribution in [3.8, 4) is 28.6 Å². The normalized spacial score (nSPS) is 10.6. The summed E-state index contributed by atoms with van der Waals surface area (Å²) in [6.07, 6.45) is 2.49. The number of rotatable bonds is 5. The van der Waals surface area contributed by atoms with E-state index < -0.39 is 10.5 Å². The van der Waals surface area contributed by atoms with E-state index in [2.05, 4.69) is 65.4 Å². The van der Waals surface area contributed by atoms with Gasteiger partial charge in [-0.2, -0.15) is 13.1 Å². The van der Waals surface area contributed by atoms with Gasteiger partial charge in [0.2, 0.25) is 11.6 Å². The van der Waals surface area contributed by atoms with Gasteiger partial charge in [-0.15, -0.1) is 4.36 Å². The summed E-state index contributed by atoms with van der Waals surface area (Å²) in [5.74, 6) is 0.317. The number of methoxy groups -OCH3 is 1. The molecule has 0 fully saturated rings. The molecule has 0 N–H and O–H groups in total. The highest BCUT2D eigenvalue weighted by molar-refractivity contribution is 7.61. The number of para-hydroxylation sites is 2. The van der Waals surface area contributed by atoms with Crippen LogP contribution < -0.4 is 14.2 Å². The first-order chi connectivity index (χ1) is 17.6. The average Bonchev–Trinajstić information content (AvgIpc) is 2.87. The van der Waals surface area contributed by atoms with Gasteiger partial charge >= 0.3 is 10.5 Å². The molecule has 9 nitrogen and oxygen atoms in total. The van der Waals surface area contributed by atoms with E-state index in [1.165, 1.54) is 37.2 Å². The topological polar surface area (TPSA) is 118 Å². The Kier molecular flexibility index (Phi) is 9.15. The zero-order valence-corrected chi connectivity index (χ0v) is 22.2. The molecular formula is C26H25ClN4O5S. The third-order valence-electron chi connectivity index (χ3n) is 4.95. The van der Waals surface area contributed by atoms with Crippen LogP contribution in [-0.2, 0) is 15.9 Å². The molecule has 4 rings (SSSR count). The molecule has 192 valence electrons. The Hall–Kier alpha value is -4.02. The van der Waals surface area contributed by atoms with E-state index in [9.17, 15) is 13.6 Å². The number of halogens is 1. The first-order valence-corrected chi connectivity index (χ1v) is 12.4. The third-order valence-corrected chi connectivity index (χ3v) is 5.53. The summed E-state index contributed by atoms with van der Waals surface area (Å²) in [4.78, 5) is 8.20. The van der Waals surface area contributed by atoms with Crippen molar-refractivity contribution in [2.75, 3.05) is 7.11 Å². The van der Waals surface area contributed by atoms with Gasteiger partial charge in [0.1, 0.15) is 0 Å². The first kappa shape index (κ1) is 27.6. The largest absolute Gasteiger partial charge is 0.619 e. The molecular weight excluding hydrogens is 516 g/mol. The SMILES string of the molecule is CC(C)(C)c1ccccc1.COc1ccccc1Oc1c(Cl)nc(-c2cc[n+]([O-])cc2)nc1N=S(=O)=O. The third kappa shape index (κ3) is 7.73. The molecule has 11 heteroatoms. The molecule has 0 aliphatic carbocycles. The van der Waals surface area contributed by atoms with Gasteiger partial charge in [-0.05, 0) is 23.1 Å². The molecule has 2 aromatic heterocycles. The minimum absolute atomic E-state index is 0.0807. The van der Waals surface area contributed by atoms with Gasteiger partial charge in [-0.3, -0.25) is 0 Å². The second-order valence-electron chi connectivity index (χ2n) is 8.61. The lowest BCUT2D eigenvalue weighted by atomic mass is 9.87. The van der Waals surface area contributed by atoms with E-state index in [0.29, 0.717) is 21.5 Å². The van der Waals surface area contributed by atoms with E-state index >= 15 is 0 Å². The van der Waals surface area contributed by atoms with E-state index in [1.807, 2.05) is 0 Å². The first-order valence-electron chi connectivity index (χ1n) is 11.0. The van der Waals surface area contributed by atoms with E-state index in [4.69, 9.17) is 21.1 Å². The zero-order valence-electron chi connectivity index (χ0n) is 20.6. The molecule has 0 aliphatic rings. The van der Waals surface area contributed by atoms with E-state index in [0.717, 1.165) is 0 Å². The van der Waals surface area contributed by atoms with Crippen molar-refractivity contribution >= 4 is 27.9 Å². The molecule has 0 amide bonds. The van der Waals surface area contributed by atoms with Crippen molar-refractivity contribution in [1.82, 2.24) is 9.97 Å². The standard InChI is InChI=1S/C16H11ClN4O5S.C10H14/c1-25-11-4-2-3-5-12(11)26-13-14(17)18-15(19-16(13)20-27(23)24)10-6-8-21(22)9-7-10;1-10(2,3)9-7-5-4-6-8-9/h2-9H,1H3;4-8H,1-3H3. The lowest BCUT2D eigenvalue weighted by Crippen LogP contribution is -2.23. The zero-order chi connectivity index (χ0) is 27.0. The molecule has 2 heterocycles. The molecule has 4 aromatic rings. The van der Waals surface area contributed by atoms with Crippen LogP contribution in [0.15, 0.2) is 83.5 Å². The number of hydrogen-bond acceptors (Lipinski definition) is 8. The Balaban J connectivity index is 0.000000319. The molecule has 0 spiro atoms. The fraction of sp³-hybridized carbons (Fsp3) is 0.192. The highest BCUT2D eigenvalue weighted by Crippen LogP contribution is 2.40. The van der Waals surface area contributed by atoms with Gasteiger partial charge in [0.05, 0.1) is 7.11 Å². The minimum atomic E-state index is -2.81. The van der Waals surface area contributed by atoms with Gasteiger partial charge in [-0.25, -0.2) is 9.97 Å². The maximum Gasteiger partial charge on any atom is 0.318 e. The fourth-order valence-electron chi connectivity index (χ4n) is 3.07. The molecule has 0 unspecified atom stereocenters. The van der Waals surface area contributed by atoms with Gasteiger partial charge in [0.25, 0.3) is 0 Å². The van der Waals surface area contributed by atoms with Crippen LogP contribution in [0.4, 0.5) is 5.82 Å². The summed E-state index contributed by atoms with van der Waals surface area (Å²) >= 11 is 6.20. The van der Waals surface area contributed by atoms with Crippen molar-refractivity contribution in [3.05, 3.63) is 95.0 Å². The minimum Gasteiger partial charge on any atom is -0.619 e. The maximum atomic E-state index is 11.2. The Morgan fingerprint density at radius 3 is 2.05 bits per heavy atom. The van der Waals surface area contributed by atoms with Crippen molar-refractivity contribution in [2.24, 2.45) is 4.36 Å². The molecule has 37 heavy (non-hydrogen) atoms. The Labute approximate surface area is 221 Å². The lowest BCUT2D eigenvalue weighted by molar-refractivity contribution is -0.605. The fourth-order valence-corrected chi connectivity index (χ4v) is 3.54. The molecule has 0 aliphatic heterocycles. The van der Waals surface area contributed by atoms with Crippen LogP contribution in [0.25, 0.3) is 11.4 Å². The molecule has 0 saturated heterocycles. The number of nitrogens with zero attached hydrogens (tertiary/aromatic N) is 4. The smallest absolute Gasteiger partial charge is 0.318 e. The molecule has 0 atom stereocenters. The van der Waals surface area contributed by atoms with Crippen LogP contribution in [0.1, 0.15) is 26.3 Å². The lowest BCUT2D eigenvalue weighted by Gasteiger charge is -2.18. The van der Waals surface area contributed by atoms with Crippen LogP contribution in [0, 0.1) is 5.21 Å². The highest BCUT2D eigenvalue weighted by Gasteiger charge is 2.19. The van der Waals surface area contributed by atoms with Crippen LogP contribution in [0.3, 0.4) is 0 Å². The number of benzene rings is 2. The predicted molar refractivity (Wildman–Crippen MR) is 141 cm³/mol. The van der Waals surface area contributed by atoms with Crippen molar-refractivity contribution < 1.29 is 22.6 Å². The van der Waals surface area contributed by atoms with E-state index in [-0.39, 0.29) is 28.3 Å². The van der Waals surface area contributed by atoms with Crippen molar-refractivity contribution in [2.45, 2.75) is 26.2 Å². The summed E-state index contributed by atoms with van der Waals surface area (Å²) < 4.78 is 37.1. The molecule has 0 bridgehead atoms. The predicted octanol–water partition coefficient (Wildman–Crippen LogP) is 5.91. The van der Waals surface area contributed by atoms with Crippen LogP contribution in [0.5, 0.6) is 17.2 Å². The van der Waals surface area contributed by atoms with Gasteiger partial charge in [0, 0.05) is 17.7 Å². The maximum absolute atomic E-state index is 11.2. The summed E-state index contributed by atoms with van der Waals surface area (Å²) in [5, 5.41) is 11.0. The van der Waals surface area contributed by atoms with E-state index in [1.54, 1.807) is 24.3 Å². The second kappa shape index (κ2) is 12.3. The number of ether oxygens (including phenoxy) is 2. The van der Waals surface area contributed by atoms with Gasteiger partial charge in [0.15, 0.2) is 34.9 Å². The van der Waals surface area contributed by atoms with Gasteiger partial charge in [-0.1, -0.05) is 74.8 Å². The van der Waals surface area contributed by atoms with Crippen LogP contribution in [0.2, 0.25) is 5.15 Å². The number of pyridine rings is 1. The quantitative estimate of drug-likeness (QED) is 0.175. The van der Waals surface area contributed by atoms with Crippen LogP contribution in [-0.4, -0.2) is 25.5 Å². The summed E-state index contributed by atoms with van der Waals surface area (Å²) in [5.41, 5.74) is 2.14. The van der Waals surface area contributed by atoms with Crippen molar-refractivity contribution in [1.29, 1.82) is 0 Å². The molecule has 0 saturated carbocycles. The number of aromatic nitrogens is 3. The second-order valence-corrected chi connectivity index (χ2v) is 9.59. The van der Waals surface area contributed by atoms with Gasteiger partial charge < -0.3 is 14.7 Å². The Morgan fingerprint density at radius 2 is 1.51 bits per heavy atom. The average molecular weight is 541 g/mol. The molecule has 0 radical (unpaired) electrons. The number of hydrogen-bond donors (Lipinski definition) is 0. The van der Waals surface area contributed by atoms with Crippen molar-refractivity contribution in [3.63, 3.8) is 0 Å².